The number of rotatable bonds is 9. The van der Waals surface area contributed by atoms with Crippen molar-refractivity contribution in [2.24, 2.45) is 0 Å². The normalized spacial score (nSPS) is 20.1. The molecule has 0 atom stereocenters. The van der Waals surface area contributed by atoms with E-state index in [1.54, 1.807) is 18.0 Å². The second-order valence-corrected chi connectivity index (χ2v) is 6.65. The average Bonchev–Trinajstić information content (AvgIpc) is 2.49. The van der Waals surface area contributed by atoms with Crippen LogP contribution in [0.5, 0.6) is 0 Å². The smallest absolute Gasteiger partial charge is 0.317 e. The summed E-state index contributed by atoms with van der Waals surface area (Å²) in [6.07, 6.45) is 3.41. The molecule has 1 fully saturated rings. The molecule has 0 unspecified atom stereocenters. The molecule has 0 aromatic carbocycles. The Morgan fingerprint density at radius 2 is 2.22 bits per heavy atom. The number of aromatic nitrogens is 1. The second-order valence-electron chi connectivity index (χ2n) is 5.66. The van der Waals surface area contributed by atoms with Crippen LogP contribution in [0.25, 0.3) is 0 Å². The number of pyridine rings is 1. The maximum atomic E-state index is 11.9. The van der Waals surface area contributed by atoms with Gasteiger partial charge in [-0.15, -0.1) is 11.8 Å². The van der Waals surface area contributed by atoms with Crippen molar-refractivity contribution in [2.45, 2.75) is 37.6 Å². The molecule has 1 aromatic heterocycles. The fourth-order valence-electron chi connectivity index (χ4n) is 2.68. The molecule has 0 spiro atoms. The zero-order valence-electron chi connectivity index (χ0n) is 13.3. The third-order valence-electron chi connectivity index (χ3n) is 3.95. The number of hydrogen-bond donors (Lipinski definition) is 2. The molecule has 1 aliphatic rings. The highest BCUT2D eigenvalue weighted by Gasteiger charge is 2.34. The number of hydrogen-bond acceptors (Lipinski definition) is 5. The van der Waals surface area contributed by atoms with E-state index < -0.39 is 5.97 Å². The lowest BCUT2D eigenvalue weighted by Crippen LogP contribution is -2.55. The van der Waals surface area contributed by atoms with Gasteiger partial charge in [-0.2, -0.15) is 0 Å². The molecule has 1 aliphatic carbocycles. The monoisotopic (exact) mass is 337 g/mol. The third-order valence-corrected chi connectivity index (χ3v) is 4.91. The number of likely N-dealkylation sites (N-methyl/N-ethyl adjacent to an activating group) is 1. The molecular weight excluding hydrogens is 314 g/mol. The zero-order chi connectivity index (χ0) is 16.7. The van der Waals surface area contributed by atoms with Crippen molar-refractivity contribution < 1.29 is 14.7 Å². The van der Waals surface area contributed by atoms with E-state index in [9.17, 15) is 9.59 Å². The van der Waals surface area contributed by atoms with Crippen molar-refractivity contribution >= 4 is 23.6 Å². The topological polar surface area (TPSA) is 82.5 Å². The van der Waals surface area contributed by atoms with Crippen molar-refractivity contribution in [3.05, 3.63) is 30.1 Å². The van der Waals surface area contributed by atoms with E-state index in [0.717, 1.165) is 30.8 Å². The van der Waals surface area contributed by atoms with Crippen LogP contribution < -0.4 is 5.32 Å². The van der Waals surface area contributed by atoms with Crippen LogP contribution in [-0.4, -0.2) is 57.8 Å². The Hall–Kier alpha value is -1.60. The zero-order valence-corrected chi connectivity index (χ0v) is 14.1. The van der Waals surface area contributed by atoms with Crippen LogP contribution in [0.3, 0.4) is 0 Å². The lowest BCUT2D eigenvalue weighted by atomic mass is 9.85. The molecule has 0 bridgehead atoms. The molecule has 126 valence electrons. The van der Waals surface area contributed by atoms with Crippen LogP contribution in [0.2, 0.25) is 0 Å². The van der Waals surface area contributed by atoms with E-state index in [4.69, 9.17) is 5.11 Å². The average molecular weight is 337 g/mol. The van der Waals surface area contributed by atoms with E-state index in [-0.39, 0.29) is 24.5 Å². The minimum atomic E-state index is -0.801. The highest BCUT2D eigenvalue weighted by Crippen LogP contribution is 2.25. The van der Waals surface area contributed by atoms with Crippen molar-refractivity contribution in [3.63, 3.8) is 0 Å². The minimum Gasteiger partial charge on any atom is -0.480 e. The summed E-state index contributed by atoms with van der Waals surface area (Å²) in [4.78, 5) is 28.9. The Morgan fingerprint density at radius 3 is 2.83 bits per heavy atom. The Bertz CT molecular complexity index is 521. The summed E-state index contributed by atoms with van der Waals surface area (Å²) in [6.45, 7) is 2.75. The highest BCUT2D eigenvalue weighted by molar-refractivity contribution is 7.99. The van der Waals surface area contributed by atoms with Gasteiger partial charge in [0, 0.05) is 24.0 Å². The van der Waals surface area contributed by atoms with Crippen molar-refractivity contribution in [1.82, 2.24) is 15.2 Å². The summed E-state index contributed by atoms with van der Waals surface area (Å²) in [5.41, 5.74) is 0.973. The third kappa shape index (κ3) is 5.84. The number of nitrogens with one attached hydrogen (secondary N) is 1. The largest absolute Gasteiger partial charge is 0.480 e. The molecule has 23 heavy (non-hydrogen) atoms. The first-order valence-corrected chi connectivity index (χ1v) is 8.96. The highest BCUT2D eigenvalue weighted by atomic mass is 32.2. The molecular formula is C16H23N3O3S. The van der Waals surface area contributed by atoms with Gasteiger partial charge in [-0.25, -0.2) is 0 Å². The summed E-state index contributed by atoms with van der Waals surface area (Å²) >= 11 is 1.55. The number of carbonyl (C=O) groups is 2. The van der Waals surface area contributed by atoms with E-state index in [1.165, 1.54) is 0 Å². The van der Waals surface area contributed by atoms with Crippen LogP contribution >= 0.6 is 11.8 Å². The van der Waals surface area contributed by atoms with Crippen LogP contribution in [-0.2, 0) is 15.3 Å². The number of nitrogens with zero attached hydrogens (tertiary/aromatic N) is 2. The number of thioether (sulfide) groups is 1. The number of carbonyl (C=O) groups excluding carboxylic acids is 1. The van der Waals surface area contributed by atoms with Gasteiger partial charge < -0.3 is 10.4 Å². The van der Waals surface area contributed by atoms with Crippen LogP contribution in [0.4, 0.5) is 0 Å². The molecule has 7 heteroatoms. The second kappa shape index (κ2) is 8.88. The maximum Gasteiger partial charge on any atom is 0.317 e. The van der Waals surface area contributed by atoms with Gasteiger partial charge in [-0.1, -0.05) is 13.0 Å². The van der Waals surface area contributed by atoms with Gasteiger partial charge in [0.25, 0.3) is 0 Å². The molecule has 1 aromatic rings. The number of carboxylic acids is 1. The number of carboxylic acid groups (broad SMARTS) is 1. The molecule has 6 nitrogen and oxygen atoms in total. The van der Waals surface area contributed by atoms with Gasteiger partial charge in [0.1, 0.15) is 0 Å². The Kier molecular flexibility index (Phi) is 6.85. The Morgan fingerprint density at radius 1 is 1.43 bits per heavy atom. The first kappa shape index (κ1) is 17.7. The van der Waals surface area contributed by atoms with Gasteiger partial charge in [0.2, 0.25) is 5.91 Å². The SMILES string of the molecule is CCN(CC(=O)O)C1CC(NC(=O)CSCc2ccccn2)C1. The van der Waals surface area contributed by atoms with Crippen LogP contribution in [0.15, 0.2) is 24.4 Å². The lowest BCUT2D eigenvalue weighted by molar-refractivity contribution is -0.139. The fourth-order valence-corrected chi connectivity index (χ4v) is 3.43. The standard InChI is InChI=1S/C16H23N3O3S/c1-2-19(9-16(21)22)14-7-13(8-14)18-15(20)11-23-10-12-5-3-4-6-17-12/h3-6,13-14H,2,7-11H2,1H3,(H,18,20)(H,21,22). The van der Waals surface area contributed by atoms with Crippen molar-refractivity contribution in [2.75, 3.05) is 18.8 Å². The summed E-state index contributed by atoms with van der Waals surface area (Å²) in [7, 11) is 0. The van der Waals surface area contributed by atoms with E-state index >= 15 is 0 Å². The molecule has 0 saturated heterocycles. The predicted octanol–water partition coefficient (Wildman–Crippen LogP) is 1.37. The van der Waals surface area contributed by atoms with Crippen molar-refractivity contribution in [1.29, 1.82) is 0 Å². The Labute approximate surface area is 140 Å². The molecule has 1 amide bonds. The molecule has 1 heterocycles. The van der Waals surface area contributed by atoms with E-state index in [0.29, 0.717) is 5.75 Å². The van der Waals surface area contributed by atoms with E-state index in [2.05, 4.69) is 10.3 Å². The first-order chi connectivity index (χ1) is 11.1. The molecule has 2 rings (SSSR count). The molecule has 2 N–H and O–H groups in total. The first-order valence-electron chi connectivity index (χ1n) is 7.81. The van der Waals surface area contributed by atoms with Crippen LogP contribution in [0.1, 0.15) is 25.5 Å². The van der Waals surface area contributed by atoms with Gasteiger partial charge in [-0.3, -0.25) is 19.5 Å². The van der Waals surface area contributed by atoms with Crippen LogP contribution in [0, 0.1) is 0 Å². The predicted molar refractivity (Wildman–Crippen MR) is 90.2 cm³/mol. The maximum absolute atomic E-state index is 11.9. The summed E-state index contributed by atoms with van der Waals surface area (Å²) in [5.74, 6) is 0.384. The number of amides is 1. The van der Waals surface area contributed by atoms with Gasteiger partial charge in [-0.05, 0) is 31.5 Å². The summed E-state index contributed by atoms with van der Waals surface area (Å²) in [6, 6.07) is 6.20. The van der Waals surface area contributed by atoms with Gasteiger partial charge in [0.05, 0.1) is 18.0 Å². The summed E-state index contributed by atoms with van der Waals surface area (Å²) < 4.78 is 0. The quantitative estimate of drug-likeness (QED) is 0.708. The molecule has 1 saturated carbocycles. The fraction of sp³-hybridized carbons (Fsp3) is 0.562. The molecule has 0 radical (unpaired) electrons. The van der Waals surface area contributed by atoms with Gasteiger partial charge in [0.15, 0.2) is 0 Å². The van der Waals surface area contributed by atoms with E-state index in [1.807, 2.05) is 30.0 Å². The minimum absolute atomic E-state index is 0.0377. The summed E-state index contributed by atoms with van der Waals surface area (Å²) in [5, 5.41) is 11.9. The van der Waals surface area contributed by atoms with Gasteiger partial charge >= 0.3 is 5.97 Å². The molecule has 0 aliphatic heterocycles. The Balaban J connectivity index is 1.61. The number of aliphatic carboxylic acids is 1. The lowest BCUT2D eigenvalue weighted by Gasteiger charge is -2.42. The van der Waals surface area contributed by atoms with Crippen molar-refractivity contribution in [3.8, 4) is 0 Å².